The smallest absolute Gasteiger partial charge is 0.0900 e. The lowest BCUT2D eigenvalue weighted by atomic mass is 9.94. The van der Waals surface area contributed by atoms with Crippen LogP contribution in [0.1, 0.15) is 41.4 Å². The molecule has 0 amide bonds. The van der Waals surface area contributed by atoms with Crippen molar-refractivity contribution < 1.29 is 0 Å². The van der Waals surface area contributed by atoms with Gasteiger partial charge in [0.15, 0.2) is 0 Å². The zero-order chi connectivity index (χ0) is 12.7. The number of rotatable bonds is 2. The Bertz CT molecular complexity index is 415. The largest absolute Gasteiger partial charge is 0.312 e. The molecular weight excluding hydrogens is 242 g/mol. The van der Waals surface area contributed by atoms with Crippen molar-refractivity contribution in [2.75, 3.05) is 19.6 Å². The van der Waals surface area contributed by atoms with Gasteiger partial charge in [0.2, 0.25) is 0 Å². The van der Waals surface area contributed by atoms with E-state index < -0.39 is 0 Å². The van der Waals surface area contributed by atoms with Crippen molar-refractivity contribution >= 4 is 11.3 Å². The second kappa shape index (κ2) is 4.91. The molecule has 18 heavy (non-hydrogen) atoms. The van der Waals surface area contributed by atoms with Gasteiger partial charge in [-0.15, -0.1) is 11.3 Å². The summed E-state index contributed by atoms with van der Waals surface area (Å²) in [6.07, 6.45) is 2.75. The number of nitrogens with zero attached hydrogens (tertiary/aromatic N) is 2. The number of aryl methyl sites for hydroxylation is 2. The van der Waals surface area contributed by atoms with Crippen LogP contribution in [0.25, 0.3) is 0 Å². The number of fused-ring (bicyclic) bond motifs is 1. The van der Waals surface area contributed by atoms with E-state index >= 15 is 0 Å². The lowest BCUT2D eigenvalue weighted by Gasteiger charge is -2.25. The van der Waals surface area contributed by atoms with Crippen LogP contribution in [0.4, 0.5) is 0 Å². The topological polar surface area (TPSA) is 28.2 Å². The Morgan fingerprint density at radius 2 is 2.22 bits per heavy atom. The third-order valence-electron chi connectivity index (χ3n) is 4.49. The second-order valence-corrected chi connectivity index (χ2v) is 7.01. The van der Waals surface area contributed by atoms with E-state index in [1.165, 1.54) is 48.1 Å². The molecule has 3 rings (SSSR count). The number of nitrogens with one attached hydrogen (secondary N) is 1. The van der Waals surface area contributed by atoms with Crippen molar-refractivity contribution in [3.63, 3.8) is 0 Å². The molecule has 2 aliphatic heterocycles. The molecule has 0 radical (unpaired) electrons. The van der Waals surface area contributed by atoms with Gasteiger partial charge >= 0.3 is 0 Å². The van der Waals surface area contributed by atoms with Crippen molar-refractivity contribution in [2.24, 2.45) is 5.92 Å². The molecule has 3 heterocycles. The van der Waals surface area contributed by atoms with Crippen LogP contribution < -0.4 is 5.32 Å². The maximum absolute atomic E-state index is 4.57. The summed E-state index contributed by atoms with van der Waals surface area (Å²) in [5, 5.41) is 4.88. The van der Waals surface area contributed by atoms with Gasteiger partial charge in [-0.05, 0) is 46.1 Å². The highest BCUT2D eigenvalue weighted by molar-refractivity contribution is 7.11. The molecule has 2 aliphatic rings. The van der Waals surface area contributed by atoms with Gasteiger partial charge in [0, 0.05) is 30.1 Å². The first-order valence-corrected chi connectivity index (χ1v) is 7.88. The van der Waals surface area contributed by atoms with Crippen molar-refractivity contribution in [3.8, 4) is 0 Å². The molecule has 100 valence electrons. The van der Waals surface area contributed by atoms with E-state index in [1.54, 1.807) is 0 Å². The average molecular weight is 265 g/mol. The number of likely N-dealkylation sites (tertiary alicyclic amines) is 1. The summed E-state index contributed by atoms with van der Waals surface area (Å²) in [5.74, 6) is 0.871. The van der Waals surface area contributed by atoms with Gasteiger partial charge in [0.1, 0.15) is 0 Å². The van der Waals surface area contributed by atoms with E-state index in [1.807, 2.05) is 11.3 Å². The molecular formula is C14H23N3S. The molecule has 1 unspecified atom stereocenters. The van der Waals surface area contributed by atoms with E-state index in [4.69, 9.17) is 0 Å². The SMILES string of the molecule is Cc1nc(C)c(C(C)N2C[C@@H]3CCCN[C@@H]3C2)s1. The minimum atomic E-state index is 0.531. The van der Waals surface area contributed by atoms with Gasteiger partial charge in [-0.3, -0.25) is 4.90 Å². The van der Waals surface area contributed by atoms with Gasteiger partial charge in [-0.2, -0.15) is 0 Å². The lowest BCUT2D eigenvalue weighted by molar-refractivity contribution is 0.253. The highest BCUT2D eigenvalue weighted by atomic mass is 32.1. The lowest BCUT2D eigenvalue weighted by Crippen LogP contribution is -2.40. The molecule has 0 bridgehead atoms. The third-order valence-corrected chi connectivity index (χ3v) is 5.74. The van der Waals surface area contributed by atoms with Gasteiger partial charge in [-0.1, -0.05) is 0 Å². The number of hydrogen-bond donors (Lipinski definition) is 1. The van der Waals surface area contributed by atoms with Gasteiger partial charge < -0.3 is 5.32 Å². The van der Waals surface area contributed by atoms with Crippen LogP contribution in [0.15, 0.2) is 0 Å². The third kappa shape index (κ3) is 2.22. The first-order valence-electron chi connectivity index (χ1n) is 7.06. The fraction of sp³-hybridized carbons (Fsp3) is 0.786. The van der Waals surface area contributed by atoms with Crippen LogP contribution in [-0.2, 0) is 0 Å². The molecule has 4 heteroatoms. The Balaban J connectivity index is 1.73. The molecule has 3 atom stereocenters. The fourth-order valence-corrected chi connectivity index (χ4v) is 4.51. The molecule has 1 aromatic rings. The normalized spacial score (nSPS) is 30.4. The number of aromatic nitrogens is 1. The minimum Gasteiger partial charge on any atom is -0.312 e. The molecule has 1 N–H and O–H groups in total. The molecule has 0 aromatic carbocycles. The first kappa shape index (κ1) is 12.6. The zero-order valence-corrected chi connectivity index (χ0v) is 12.4. The molecule has 2 fully saturated rings. The number of thiazole rings is 1. The predicted molar refractivity (Wildman–Crippen MR) is 76.1 cm³/mol. The summed E-state index contributed by atoms with van der Waals surface area (Å²) in [6.45, 7) is 10.3. The van der Waals surface area contributed by atoms with Gasteiger partial charge in [0.25, 0.3) is 0 Å². The van der Waals surface area contributed by atoms with Crippen LogP contribution in [0.2, 0.25) is 0 Å². The Morgan fingerprint density at radius 3 is 2.89 bits per heavy atom. The monoisotopic (exact) mass is 265 g/mol. The standard InChI is InChI=1S/C14H23N3S/c1-9-14(18-11(3)16-9)10(2)17-7-12-5-4-6-15-13(12)8-17/h10,12-13,15H,4-8H2,1-3H3/t10?,12-,13+/m0/s1. The fourth-order valence-electron chi connectivity index (χ4n) is 3.50. The van der Waals surface area contributed by atoms with Crippen LogP contribution >= 0.6 is 11.3 Å². The van der Waals surface area contributed by atoms with Crippen molar-refractivity contribution in [3.05, 3.63) is 15.6 Å². The summed E-state index contributed by atoms with van der Waals surface area (Å²) < 4.78 is 0. The molecule has 2 saturated heterocycles. The van der Waals surface area contributed by atoms with E-state index in [-0.39, 0.29) is 0 Å². The maximum atomic E-state index is 4.57. The van der Waals surface area contributed by atoms with E-state index in [0.29, 0.717) is 6.04 Å². The van der Waals surface area contributed by atoms with Gasteiger partial charge in [-0.25, -0.2) is 4.98 Å². The summed E-state index contributed by atoms with van der Waals surface area (Å²) in [6, 6.07) is 1.26. The van der Waals surface area contributed by atoms with E-state index in [0.717, 1.165) is 12.0 Å². The minimum absolute atomic E-state index is 0.531. The van der Waals surface area contributed by atoms with E-state index in [2.05, 4.69) is 36.0 Å². The quantitative estimate of drug-likeness (QED) is 0.890. The van der Waals surface area contributed by atoms with Crippen LogP contribution in [0.5, 0.6) is 0 Å². The van der Waals surface area contributed by atoms with Crippen LogP contribution in [0.3, 0.4) is 0 Å². The van der Waals surface area contributed by atoms with Crippen molar-refractivity contribution in [1.82, 2.24) is 15.2 Å². The zero-order valence-electron chi connectivity index (χ0n) is 11.6. The highest BCUT2D eigenvalue weighted by Gasteiger charge is 2.37. The highest BCUT2D eigenvalue weighted by Crippen LogP contribution is 2.34. The number of hydrogen-bond acceptors (Lipinski definition) is 4. The first-order chi connectivity index (χ1) is 8.65. The Morgan fingerprint density at radius 1 is 1.39 bits per heavy atom. The van der Waals surface area contributed by atoms with Crippen molar-refractivity contribution in [2.45, 2.75) is 45.7 Å². The molecule has 1 aromatic heterocycles. The summed E-state index contributed by atoms with van der Waals surface area (Å²) in [5.41, 5.74) is 1.23. The van der Waals surface area contributed by atoms with Crippen LogP contribution in [-0.4, -0.2) is 35.6 Å². The average Bonchev–Trinajstić information content (AvgIpc) is 2.91. The van der Waals surface area contributed by atoms with Crippen molar-refractivity contribution in [1.29, 1.82) is 0 Å². The van der Waals surface area contributed by atoms with Gasteiger partial charge in [0.05, 0.1) is 10.7 Å². The molecule has 0 saturated carbocycles. The predicted octanol–water partition coefficient (Wildman–Crippen LogP) is 2.50. The Labute approximate surface area is 114 Å². The Hall–Kier alpha value is -0.450. The maximum Gasteiger partial charge on any atom is 0.0900 e. The number of piperidine rings is 1. The van der Waals surface area contributed by atoms with E-state index in [9.17, 15) is 0 Å². The summed E-state index contributed by atoms with van der Waals surface area (Å²) in [4.78, 5) is 8.68. The molecule has 3 nitrogen and oxygen atoms in total. The Kier molecular flexibility index (Phi) is 3.43. The molecule has 0 spiro atoms. The van der Waals surface area contributed by atoms with Crippen LogP contribution in [0, 0.1) is 19.8 Å². The summed E-state index contributed by atoms with van der Waals surface area (Å²) in [7, 11) is 0. The summed E-state index contributed by atoms with van der Waals surface area (Å²) >= 11 is 1.87. The second-order valence-electron chi connectivity index (χ2n) is 5.78. The molecule has 0 aliphatic carbocycles.